The first-order chi connectivity index (χ1) is 19.1. The fraction of sp³-hybridized carbons (Fsp3) is 0.308. The average Bonchev–Trinajstić information content (AvgIpc) is 3.69. The van der Waals surface area contributed by atoms with Gasteiger partial charge in [-0.15, -0.1) is 0 Å². The van der Waals surface area contributed by atoms with E-state index >= 15 is 0 Å². The highest BCUT2D eigenvalue weighted by molar-refractivity contribution is 6.30. The van der Waals surface area contributed by atoms with Crippen molar-refractivity contribution in [1.29, 1.82) is 0 Å². The van der Waals surface area contributed by atoms with Gasteiger partial charge in [0.15, 0.2) is 5.69 Å². The van der Waals surface area contributed by atoms with Gasteiger partial charge in [0.25, 0.3) is 5.91 Å². The lowest BCUT2D eigenvalue weighted by molar-refractivity contribution is -0.137. The summed E-state index contributed by atoms with van der Waals surface area (Å²) < 4.78 is 24.6. The summed E-state index contributed by atoms with van der Waals surface area (Å²) in [5.74, 6) is -3.49. The quantitative estimate of drug-likeness (QED) is 0.276. The van der Waals surface area contributed by atoms with E-state index in [0.717, 1.165) is 0 Å². The van der Waals surface area contributed by atoms with Gasteiger partial charge in [0.1, 0.15) is 12.4 Å². The van der Waals surface area contributed by atoms with Gasteiger partial charge in [0, 0.05) is 23.5 Å². The Hall–Kier alpha value is -4.52. The SMILES string of the molecule is CCOC(=O)OC(=O)c1ccc2c(c1)c(C(N)=O)nn2CC(=O)N(CC(=O)NCc1cccc(Cl)c1F)C1CC1. The molecule has 210 valence electrons. The summed E-state index contributed by atoms with van der Waals surface area (Å²) in [6.45, 7) is 0.856. The van der Waals surface area contributed by atoms with E-state index in [-0.39, 0.29) is 59.5 Å². The number of carbonyl (C=O) groups excluding carboxylic acids is 5. The van der Waals surface area contributed by atoms with Crippen molar-refractivity contribution in [3.63, 3.8) is 0 Å². The van der Waals surface area contributed by atoms with Crippen LogP contribution in [0.3, 0.4) is 0 Å². The molecule has 0 radical (unpaired) electrons. The maximum absolute atomic E-state index is 14.1. The Balaban J connectivity index is 1.49. The van der Waals surface area contributed by atoms with Crippen molar-refractivity contribution in [3.8, 4) is 0 Å². The molecule has 3 amide bonds. The Kier molecular flexibility index (Phi) is 8.63. The molecule has 0 atom stereocenters. The Bertz CT molecular complexity index is 1500. The number of hydrogen-bond donors (Lipinski definition) is 2. The van der Waals surface area contributed by atoms with Crippen molar-refractivity contribution in [3.05, 3.63) is 64.1 Å². The van der Waals surface area contributed by atoms with Crippen LogP contribution in [0.5, 0.6) is 0 Å². The first-order valence-corrected chi connectivity index (χ1v) is 12.6. The number of aromatic nitrogens is 2. The van der Waals surface area contributed by atoms with Crippen molar-refractivity contribution < 1.29 is 37.8 Å². The van der Waals surface area contributed by atoms with Crippen LogP contribution in [0, 0.1) is 5.82 Å². The molecule has 40 heavy (non-hydrogen) atoms. The van der Waals surface area contributed by atoms with Gasteiger partial charge >= 0.3 is 12.1 Å². The third-order valence-electron chi connectivity index (χ3n) is 6.07. The summed E-state index contributed by atoms with van der Waals surface area (Å²) in [5, 5.41) is 6.85. The number of nitrogens with one attached hydrogen (secondary N) is 1. The van der Waals surface area contributed by atoms with Gasteiger partial charge in [-0.3, -0.25) is 19.1 Å². The van der Waals surface area contributed by atoms with E-state index in [9.17, 15) is 28.4 Å². The molecule has 0 unspecified atom stereocenters. The molecule has 1 saturated carbocycles. The van der Waals surface area contributed by atoms with Gasteiger partial charge in [-0.05, 0) is 44.0 Å². The molecule has 2 aromatic carbocycles. The van der Waals surface area contributed by atoms with Gasteiger partial charge in [-0.2, -0.15) is 5.10 Å². The molecule has 1 heterocycles. The largest absolute Gasteiger partial charge is 0.516 e. The predicted molar refractivity (Wildman–Crippen MR) is 139 cm³/mol. The smallest absolute Gasteiger partial charge is 0.434 e. The number of primary amides is 1. The molecule has 3 N–H and O–H groups in total. The Morgan fingerprint density at radius 1 is 1.20 bits per heavy atom. The van der Waals surface area contributed by atoms with Crippen molar-refractivity contribution in [2.45, 2.75) is 38.9 Å². The summed E-state index contributed by atoms with van der Waals surface area (Å²) in [6.07, 6.45) is 0.242. The van der Waals surface area contributed by atoms with E-state index in [4.69, 9.17) is 17.3 Å². The van der Waals surface area contributed by atoms with E-state index in [1.165, 1.54) is 39.9 Å². The topological polar surface area (TPSA) is 163 Å². The number of halogens is 2. The zero-order chi connectivity index (χ0) is 29.0. The van der Waals surface area contributed by atoms with Gasteiger partial charge in [0.05, 0.1) is 29.3 Å². The highest BCUT2D eigenvalue weighted by atomic mass is 35.5. The molecular weight excluding hydrogens is 549 g/mol. The average molecular weight is 574 g/mol. The second-order valence-corrected chi connectivity index (χ2v) is 9.32. The minimum atomic E-state index is -1.18. The third-order valence-corrected chi connectivity index (χ3v) is 6.36. The van der Waals surface area contributed by atoms with Crippen LogP contribution in [0.1, 0.15) is 46.2 Å². The molecule has 12 nitrogen and oxygen atoms in total. The van der Waals surface area contributed by atoms with Crippen molar-refractivity contribution in [2.24, 2.45) is 5.73 Å². The van der Waals surface area contributed by atoms with E-state index in [2.05, 4.69) is 19.9 Å². The molecular formula is C26H25ClFN5O7. The minimum Gasteiger partial charge on any atom is -0.434 e. The lowest BCUT2D eigenvalue weighted by atomic mass is 10.1. The number of nitrogens with two attached hydrogens (primary N) is 1. The molecule has 1 aliphatic carbocycles. The van der Waals surface area contributed by atoms with Crippen LogP contribution in [0.15, 0.2) is 36.4 Å². The molecule has 0 spiro atoms. The number of amides is 3. The van der Waals surface area contributed by atoms with E-state index in [0.29, 0.717) is 18.4 Å². The Morgan fingerprint density at radius 3 is 2.62 bits per heavy atom. The number of esters is 1. The highest BCUT2D eigenvalue weighted by Crippen LogP contribution is 2.28. The number of benzene rings is 2. The molecule has 1 aliphatic rings. The molecule has 0 bridgehead atoms. The maximum atomic E-state index is 14.1. The van der Waals surface area contributed by atoms with Crippen LogP contribution in [0.25, 0.3) is 10.9 Å². The Morgan fingerprint density at radius 2 is 1.95 bits per heavy atom. The van der Waals surface area contributed by atoms with Gasteiger partial charge in [0.2, 0.25) is 11.8 Å². The summed E-state index contributed by atoms with van der Waals surface area (Å²) in [5.41, 5.74) is 5.72. The fourth-order valence-electron chi connectivity index (χ4n) is 4.01. The van der Waals surface area contributed by atoms with Crippen LogP contribution in [0.2, 0.25) is 5.02 Å². The second-order valence-electron chi connectivity index (χ2n) is 8.92. The monoisotopic (exact) mass is 573 g/mol. The zero-order valence-electron chi connectivity index (χ0n) is 21.3. The highest BCUT2D eigenvalue weighted by Gasteiger charge is 2.34. The second kappa shape index (κ2) is 12.1. The molecule has 0 aliphatic heterocycles. The molecule has 0 saturated heterocycles. The first-order valence-electron chi connectivity index (χ1n) is 12.3. The number of rotatable bonds is 10. The lowest BCUT2D eigenvalue weighted by Crippen LogP contribution is -2.43. The van der Waals surface area contributed by atoms with Crippen LogP contribution in [0.4, 0.5) is 9.18 Å². The first kappa shape index (κ1) is 28.5. The Labute approximate surface area is 232 Å². The minimum absolute atomic E-state index is 0.0117. The summed E-state index contributed by atoms with van der Waals surface area (Å²) in [6, 6.07) is 8.33. The number of ether oxygens (including phenoxy) is 2. The van der Waals surface area contributed by atoms with Crippen molar-refractivity contribution in [2.75, 3.05) is 13.2 Å². The standard InChI is InChI=1S/C26H25ClFN5O7/c1-2-39-26(38)40-25(37)14-6-9-19-17(10-14)23(24(29)36)31-33(19)13-21(35)32(16-7-8-16)12-20(34)30-11-15-4-3-5-18(27)22(15)28/h3-6,9-10,16H,2,7-8,11-13H2,1H3,(H2,29,36)(H,30,34). The van der Waals surface area contributed by atoms with E-state index < -0.39 is 35.7 Å². The van der Waals surface area contributed by atoms with E-state index in [1.54, 1.807) is 13.0 Å². The van der Waals surface area contributed by atoms with Crippen LogP contribution < -0.4 is 11.1 Å². The fourth-order valence-corrected chi connectivity index (χ4v) is 4.20. The van der Waals surface area contributed by atoms with Gasteiger partial charge in [-0.1, -0.05) is 23.7 Å². The zero-order valence-corrected chi connectivity index (χ0v) is 22.1. The van der Waals surface area contributed by atoms with Crippen molar-refractivity contribution in [1.82, 2.24) is 20.0 Å². The van der Waals surface area contributed by atoms with Crippen LogP contribution in [-0.4, -0.2) is 63.7 Å². The molecule has 14 heteroatoms. The molecule has 4 rings (SSSR count). The molecule has 1 aromatic heterocycles. The summed E-state index contributed by atoms with van der Waals surface area (Å²) >= 11 is 5.78. The summed E-state index contributed by atoms with van der Waals surface area (Å²) in [7, 11) is 0. The summed E-state index contributed by atoms with van der Waals surface area (Å²) in [4.78, 5) is 63.1. The van der Waals surface area contributed by atoms with Crippen LogP contribution >= 0.6 is 11.6 Å². The number of hydrogen-bond acceptors (Lipinski definition) is 8. The normalized spacial score (nSPS) is 12.6. The molecule has 1 fully saturated rings. The molecule has 3 aromatic rings. The van der Waals surface area contributed by atoms with Crippen molar-refractivity contribution >= 4 is 52.4 Å². The lowest BCUT2D eigenvalue weighted by Gasteiger charge is -2.22. The van der Waals surface area contributed by atoms with E-state index in [1.807, 2.05) is 0 Å². The third kappa shape index (κ3) is 6.54. The number of carbonyl (C=O) groups is 5. The number of fused-ring (bicyclic) bond motifs is 1. The number of nitrogens with zero attached hydrogens (tertiary/aromatic N) is 3. The van der Waals surface area contributed by atoms with Gasteiger partial charge < -0.3 is 25.4 Å². The maximum Gasteiger partial charge on any atom is 0.516 e. The van der Waals surface area contributed by atoms with Crippen LogP contribution in [-0.2, 0) is 32.2 Å². The predicted octanol–water partition coefficient (Wildman–Crippen LogP) is 2.55. The van der Waals surface area contributed by atoms with Gasteiger partial charge in [-0.25, -0.2) is 14.0 Å².